The molecule has 0 saturated carbocycles. The molecule has 3 nitrogen and oxygen atoms in total. The first-order valence-corrected chi connectivity index (χ1v) is 5.61. The van der Waals surface area contributed by atoms with Crippen LogP contribution < -0.4 is 5.11 Å². The lowest BCUT2D eigenvalue weighted by Crippen LogP contribution is -2.47. The van der Waals surface area contributed by atoms with Crippen molar-refractivity contribution in [3.05, 3.63) is 70.8 Å². The number of hydrogen-bond donors (Lipinski definition) is 1. The summed E-state index contributed by atoms with van der Waals surface area (Å²) in [6, 6.07) is 3.67. The Morgan fingerprint density at radius 1 is 0.857 bits per heavy atom. The lowest BCUT2D eigenvalue weighted by atomic mass is 9.86. The van der Waals surface area contributed by atoms with Crippen LogP contribution in [0, 0.1) is 23.3 Å². The van der Waals surface area contributed by atoms with Crippen molar-refractivity contribution in [2.75, 3.05) is 0 Å². The third kappa shape index (κ3) is 2.47. The Bertz CT molecular complexity index is 664. The maximum Gasteiger partial charge on any atom is 0.159 e. The van der Waals surface area contributed by atoms with Crippen molar-refractivity contribution >= 4 is 5.97 Å². The second kappa shape index (κ2) is 5.17. The average molecular weight is 299 g/mol. The second-order valence-corrected chi connectivity index (χ2v) is 4.26. The minimum Gasteiger partial charge on any atom is -0.546 e. The summed E-state index contributed by atoms with van der Waals surface area (Å²) in [6.45, 7) is 0. The van der Waals surface area contributed by atoms with Gasteiger partial charge >= 0.3 is 0 Å². The van der Waals surface area contributed by atoms with Crippen LogP contribution in [0.15, 0.2) is 36.4 Å². The first-order chi connectivity index (χ1) is 9.76. The minimum absolute atomic E-state index is 0.437. The fourth-order valence-electron chi connectivity index (χ4n) is 1.84. The molecule has 0 heterocycles. The fourth-order valence-corrected chi connectivity index (χ4v) is 1.84. The maximum absolute atomic E-state index is 13.2. The topological polar surface area (TPSA) is 60.4 Å². The van der Waals surface area contributed by atoms with Crippen LogP contribution in [-0.4, -0.2) is 11.1 Å². The quantitative estimate of drug-likeness (QED) is 0.867. The zero-order valence-corrected chi connectivity index (χ0v) is 10.2. The number of aliphatic carboxylic acids is 1. The van der Waals surface area contributed by atoms with Crippen LogP contribution in [0.1, 0.15) is 11.1 Å². The molecule has 0 aliphatic carbocycles. The third-order valence-electron chi connectivity index (χ3n) is 2.97. The number of carbonyl (C=O) groups is 1. The Labute approximate surface area is 116 Å². The summed E-state index contributed by atoms with van der Waals surface area (Å²) in [4.78, 5) is 11.2. The largest absolute Gasteiger partial charge is 0.546 e. The molecule has 0 amide bonds. The van der Waals surface area contributed by atoms with Crippen molar-refractivity contribution in [1.82, 2.24) is 0 Å². The molecule has 2 rings (SSSR count). The zero-order valence-electron chi connectivity index (χ0n) is 10.2. The Morgan fingerprint density at radius 3 is 1.52 bits per heavy atom. The first-order valence-electron chi connectivity index (χ1n) is 5.61. The van der Waals surface area contributed by atoms with Crippen LogP contribution in [0.3, 0.4) is 0 Å². The van der Waals surface area contributed by atoms with Gasteiger partial charge in [-0.1, -0.05) is 12.1 Å². The molecule has 0 atom stereocenters. The van der Waals surface area contributed by atoms with Crippen molar-refractivity contribution < 1.29 is 32.6 Å². The van der Waals surface area contributed by atoms with E-state index in [0.717, 1.165) is 12.1 Å². The normalized spacial score (nSPS) is 11.5. The molecule has 0 radical (unpaired) electrons. The van der Waals surface area contributed by atoms with Gasteiger partial charge in [-0.3, -0.25) is 0 Å². The molecule has 0 bridgehead atoms. The Hall–Kier alpha value is -2.41. The number of halogens is 4. The first kappa shape index (κ1) is 15.0. The van der Waals surface area contributed by atoms with Crippen molar-refractivity contribution in [2.24, 2.45) is 0 Å². The average Bonchev–Trinajstić information content (AvgIpc) is 2.43. The molecule has 2 aromatic rings. The summed E-state index contributed by atoms with van der Waals surface area (Å²) < 4.78 is 52.2. The molecule has 2 aromatic carbocycles. The maximum atomic E-state index is 13.2. The van der Waals surface area contributed by atoms with E-state index in [1.165, 1.54) is 0 Å². The van der Waals surface area contributed by atoms with Gasteiger partial charge < -0.3 is 15.0 Å². The molecule has 110 valence electrons. The van der Waals surface area contributed by atoms with Gasteiger partial charge in [0.1, 0.15) is 0 Å². The summed E-state index contributed by atoms with van der Waals surface area (Å²) >= 11 is 0. The molecule has 0 fully saturated rings. The van der Waals surface area contributed by atoms with Crippen molar-refractivity contribution in [3.8, 4) is 0 Å². The number of rotatable bonds is 3. The number of carboxylic acids is 1. The van der Waals surface area contributed by atoms with Crippen LogP contribution in [-0.2, 0) is 10.4 Å². The highest BCUT2D eigenvalue weighted by Crippen LogP contribution is 2.31. The monoisotopic (exact) mass is 299 g/mol. The highest BCUT2D eigenvalue weighted by atomic mass is 19.2. The number of benzene rings is 2. The molecule has 0 saturated heterocycles. The number of carbonyl (C=O) groups excluding carboxylic acids is 1. The second-order valence-electron chi connectivity index (χ2n) is 4.26. The van der Waals surface area contributed by atoms with Gasteiger partial charge in [0, 0.05) is 0 Å². The van der Waals surface area contributed by atoms with Crippen LogP contribution in [0.4, 0.5) is 17.6 Å². The van der Waals surface area contributed by atoms with E-state index >= 15 is 0 Å². The number of hydrogen-bond acceptors (Lipinski definition) is 3. The lowest BCUT2D eigenvalue weighted by molar-refractivity contribution is -0.322. The highest BCUT2D eigenvalue weighted by Gasteiger charge is 2.35. The van der Waals surface area contributed by atoms with Gasteiger partial charge in [0.05, 0.1) is 5.97 Å². The van der Waals surface area contributed by atoms with E-state index < -0.39 is 46.0 Å². The van der Waals surface area contributed by atoms with Gasteiger partial charge in [0.2, 0.25) is 0 Å². The third-order valence-corrected chi connectivity index (χ3v) is 2.97. The Kier molecular flexibility index (Phi) is 3.69. The van der Waals surface area contributed by atoms with Crippen molar-refractivity contribution in [3.63, 3.8) is 0 Å². The molecule has 0 aliphatic heterocycles. The summed E-state index contributed by atoms with van der Waals surface area (Å²) in [5.74, 6) is -7.43. The van der Waals surface area contributed by atoms with Gasteiger partial charge in [-0.15, -0.1) is 0 Å². The van der Waals surface area contributed by atoms with Gasteiger partial charge in [0.25, 0.3) is 0 Å². The van der Waals surface area contributed by atoms with E-state index in [9.17, 15) is 32.6 Å². The highest BCUT2D eigenvalue weighted by molar-refractivity contribution is 5.82. The molecule has 0 spiro atoms. The number of carboxylic acid groups (broad SMARTS) is 1. The minimum atomic E-state index is -2.96. The zero-order chi connectivity index (χ0) is 15.8. The predicted molar refractivity (Wildman–Crippen MR) is 60.7 cm³/mol. The van der Waals surface area contributed by atoms with Crippen LogP contribution in [0.5, 0.6) is 0 Å². The lowest BCUT2D eigenvalue weighted by Gasteiger charge is -2.30. The standard InChI is InChI=1S/C14H8F4O3/c15-9-3-1-7(5-11(9)17)14(21,13(19)20)8-2-4-10(16)12(18)6-8/h1-6,21H,(H,19,20)/p-1. The van der Waals surface area contributed by atoms with E-state index in [4.69, 9.17) is 0 Å². The van der Waals surface area contributed by atoms with Crippen molar-refractivity contribution in [2.45, 2.75) is 5.60 Å². The van der Waals surface area contributed by atoms with E-state index in [1.807, 2.05) is 0 Å². The summed E-state index contributed by atoms with van der Waals surface area (Å²) in [7, 11) is 0. The van der Waals surface area contributed by atoms with Crippen molar-refractivity contribution in [1.29, 1.82) is 0 Å². The van der Waals surface area contributed by atoms with Gasteiger partial charge in [-0.25, -0.2) is 17.6 Å². The predicted octanol–water partition coefficient (Wildman–Crippen LogP) is 1.23. The molecular weight excluding hydrogens is 292 g/mol. The molecule has 1 N–H and O–H groups in total. The molecule has 0 aliphatic rings. The molecule has 0 unspecified atom stereocenters. The number of aliphatic hydroxyl groups is 1. The van der Waals surface area contributed by atoms with E-state index in [1.54, 1.807) is 0 Å². The smallest absolute Gasteiger partial charge is 0.159 e. The SMILES string of the molecule is O=C([O-])C(O)(c1ccc(F)c(F)c1)c1ccc(F)c(F)c1. The summed E-state index contributed by atoms with van der Waals surface area (Å²) in [5.41, 5.74) is -4.14. The molecule has 7 heteroatoms. The Balaban J connectivity index is 2.67. The van der Waals surface area contributed by atoms with Gasteiger partial charge in [-0.05, 0) is 35.4 Å². The van der Waals surface area contributed by atoms with Crippen LogP contribution >= 0.6 is 0 Å². The summed E-state index contributed by atoms with van der Waals surface area (Å²) in [5, 5.41) is 21.4. The van der Waals surface area contributed by atoms with E-state index in [2.05, 4.69) is 0 Å². The van der Waals surface area contributed by atoms with Crippen LogP contribution in [0.25, 0.3) is 0 Å². The van der Waals surface area contributed by atoms with Gasteiger partial charge in [0.15, 0.2) is 28.9 Å². The summed E-state index contributed by atoms with van der Waals surface area (Å²) in [6.07, 6.45) is 0. The van der Waals surface area contributed by atoms with Crippen LogP contribution in [0.2, 0.25) is 0 Å². The molecular formula is C14H7F4O3-. The van der Waals surface area contributed by atoms with E-state index in [-0.39, 0.29) is 0 Å². The molecule has 21 heavy (non-hydrogen) atoms. The van der Waals surface area contributed by atoms with E-state index in [0.29, 0.717) is 24.3 Å². The fraction of sp³-hybridized carbons (Fsp3) is 0.0714. The van der Waals surface area contributed by atoms with Gasteiger partial charge in [-0.2, -0.15) is 0 Å². The molecule has 0 aromatic heterocycles. The Morgan fingerprint density at radius 2 is 1.24 bits per heavy atom.